The summed E-state index contributed by atoms with van der Waals surface area (Å²) in [6.45, 7) is 4.27. The van der Waals surface area contributed by atoms with Gasteiger partial charge in [-0.1, -0.05) is 32.0 Å². The van der Waals surface area contributed by atoms with Crippen molar-refractivity contribution in [3.63, 3.8) is 0 Å². The van der Waals surface area contributed by atoms with Crippen molar-refractivity contribution in [2.24, 2.45) is 5.92 Å². The molecule has 1 atom stereocenters. The van der Waals surface area contributed by atoms with E-state index < -0.39 is 11.9 Å². The Balaban J connectivity index is 2.24. The number of aliphatic carboxylic acids is 1. The predicted molar refractivity (Wildman–Crippen MR) is 81.5 cm³/mol. The SMILES string of the molecule is CCC(CC)NC(=O)N1CC(C(=O)O)Cc2ccccc21. The summed E-state index contributed by atoms with van der Waals surface area (Å²) in [6.07, 6.45) is 2.19. The van der Waals surface area contributed by atoms with Crippen LogP contribution in [0.25, 0.3) is 0 Å². The summed E-state index contributed by atoms with van der Waals surface area (Å²) in [7, 11) is 0. The van der Waals surface area contributed by atoms with Crippen molar-refractivity contribution in [1.82, 2.24) is 5.32 Å². The number of hydrogen-bond donors (Lipinski definition) is 2. The monoisotopic (exact) mass is 290 g/mol. The van der Waals surface area contributed by atoms with Crippen LogP contribution in [0.3, 0.4) is 0 Å². The van der Waals surface area contributed by atoms with Crippen LogP contribution in [0.15, 0.2) is 24.3 Å². The molecule has 0 radical (unpaired) electrons. The molecule has 5 heteroatoms. The second-order valence-corrected chi connectivity index (χ2v) is 5.44. The molecule has 1 aromatic rings. The molecule has 0 aliphatic carbocycles. The summed E-state index contributed by atoms with van der Waals surface area (Å²) in [6, 6.07) is 7.43. The Kier molecular flexibility index (Phi) is 4.83. The van der Waals surface area contributed by atoms with E-state index in [1.807, 2.05) is 38.1 Å². The van der Waals surface area contributed by atoms with Crippen molar-refractivity contribution in [3.05, 3.63) is 29.8 Å². The maximum Gasteiger partial charge on any atom is 0.322 e. The van der Waals surface area contributed by atoms with Crippen molar-refractivity contribution < 1.29 is 14.7 Å². The highest BCUT2D eigenvalue weighted by Gasteiger charge is 2.32. The van der Waals surface area contributed by atoms with Gasteiger partial charge in [0.2, 0.25) is 0 Å². The van der Waals surface area contributed by atoms with Gasteiger partial charge in [0.1, 0.15) is 0 Å². The van der Waals surface area contributed by atoms with Gasteiger partial charge in [-0.3, -0.25) is 9.69 Å². The third-order valence-corrected chi connectivity index (χ3v) is 4.06. The van der Waals surface area contributed by atoms with E-state index in [1.165, 1.54) is 0 Å². The molecule has 2 rings (SSSR count). The van der Waals surface area contributed by atoms with E-state index in [0.29, 0.717) is 6.42 Å². The van der Waals surface area contributed by atoms with Crippen LogP contribution >= 0.6 is 0 Å². The molecule has 1 aromatic carbocycles. The van der Waals surface area contributed by atoms with Gasteiger partial charge in [0, 0.05) is 18.3 Å². The standard InChI is InChI=1S/C16H22N2O3/c1-3-13(4-2)17-16(21)18-10-12(15(19)20)9-11-7-5-6-8-14(11)18/h5-8,12-13H,3-4,9-10H2,1-2H3,(H,17,21)(H,19,20). The molecule has 2 N–H and O–H groups in total. The number of rotatable bonds is 4. The molecule has 0 bridgehead atoms. The summed E-state index contributed by atoms with van der Waals surface area (Å²) in [5.74, 6) is -1.41. The average Bonchev–Trinajstić information content (AvgIpc) is 2.51. The largest absolute Gasteiger partial charge is 0.481 e. The minimum absolute atomic E-state index is 0.120. The summed E-state index contributed by atoms with van der Waals surface area (Å²) in [5, 5.41) is 12.3. The number of carbonyl (C=O) groups excluding carboxylic acids is 1. The highest BCUT2D eigenvalue weighted by atomic mass is 16.4. The number of amides is 2. The first-order chi connectivity index (χ1) is 10.1. The van der Waals surface area contributed by atoms with Gasteiger partial charge in [-0.05, 0) is 30.9 Å². The molecule has 1 aliphatic rings. The first kappa shape index (κ1) is 15.4. The average molecular weight is 290 g/mol. The van der Waals surface area contributed by atoms with Crippen LogP contribution in [-0.2, 0) is 11.2 Å². The van der Waals surface area contributed by atoms with E-state index in [2.05, 4.69) is 5.32 Å². The smallest absolute Gasteiger partial charge is 0.322 e. The zero-order valence-corrected chi connectivity index (χ0v) is 12.5. The Hall–Kier alpha value is -2.04. The van der Waals surface area contributed by atoms with Gasteiger partial charge >= 0.3 is 12.0 Å². The van der Waals surface area contributed by atoms with E-state index in [0.717, 1.165) is 24.1 Å². The minimum Gasteiger partial charge on any atom is -0.481 e. The molecule has 1 unspecified atom stereocenters. The number of hydrogen-bond acceptors (Lipinski definition) is 2. The lowest BCUT2D eigenvalue weighted by Gasteiger charge is -2.33. The van der Waals surface area contributed by atoms with E-state index in [-0.39, 0.29) is 18.6 Å². The molecular formula is C16H22N2O3. The van der Waals surface area contributed by atoms with E-state index in [4.69, 9.17) is 0 Å². The highest BCUT2D eigenvalue weighted by Crippen LogP contribution is 2.29. The maximum absolute atomic E-state index is 12.5. The zero-order chi connectivity index (χ0) is 15.4. The van der Waals surface area contributed by atoms with Gasteiger partial charge in [0.15, 0.2) is 0 Å². The second kappa shape index (κ2) is 6.61. The number of urea groups is 1. The number of carbonyl (C=O) groups is 2. The fraction of sp³-hybridized carbons (Fsp3) is 0.500. The molecule has 0 aromatic heterocycles. The number of fused-ring (bicyclic) bond motifs is 1. The van der Waals surface area contributed by atoms with Crippen molar-refractivity contribution in [2.75, 3.05) is 11.4 Å². The first-order valence-corrected chi connectivity index (χ1v) is 7.45. The Bertz CT molecular complexity index is 526. The fourth-order valence-electron chi connectivity index (χ4n) is 2.70. The minimum atomic E-state index is -0.857. The van der Waals surface area contributed by atoms with E-state index >= 15 is 0 Å². The second-order valence-electron chi connectivity index (χ2n) is 5.44. The van der Waals surface area contributed by atoms with Crippen molar-refractivity contribution in [3.8, 4) is 0 Å². The fourth-order valence-corrected chi connectivity index (χ4v) is 2.70. The Morgan fingerprint density at radius 2 is 2.00 bits per heavy atom. The van der Waals surface area contributed by atoms with Crippen LogP contribution in [0.2, 0.25) is 0 Å². The Labute approximate surface area is 125 Å². The van der Waals surface area contributed by atoms with Gasteiger partial charge in [-0.2, -0.15) is 0 Å². The van der Waals surface area contributed by atoms with Gasteiger partial charge in [-0.25, -0.2) is 4.79 Å². The quantitative estimate of drug-likeness (QED) is 0.895. The van der Waals surface area contributed by atoms with Crippen molar-refractivity contribution >= 4 is 17.7 Å². The summed E-state index contributed by atoms with van der Waals surface area (Å²) in [5.41, 5.74) is 1.73. The molecule has 21 heavy (non-hydrogen) atoms. The summed E-state index contributed by atoms with van der Waals surface area (Å²) >= 11 is 0. The van der Waals surface area contributed by atoms with Crippen LogP contribution in [0.4, 0.5) is 10.5 Å². The molecule has 5 nitrogen and oxygen atoms in total. The lowest BCUT2D eigenvalue weighted by atomic mass is 9.93. The first-order valence-electron chi connectivity index (χ1n) is 7.45. The molecule has 0 saturated carbocycles. The molecule has 0 saturated heterocycles. The summed E-state index contributed by atoms with van der Waals surface area (Å²) < 4.78 is 0. The number of carboxylic acids is 1. The van der Waals surface area contributed by atoms with Crippen molar-refractivity contribution in [1.29, 1.82) is 0 Å². The molecule has 2 amide bonds. The van der Waals surface area contributed by atoms with Crippen LogP contribution in [0.1, 0.15) is 32.3 Å². The molecule has 114 valence electrons. The number of nitrogens with one attached hydrogen (secondary N) is 1. The van der Waals surface area contributed by atoms with Crippen LogP contribution in [0.5, 0.6) is 0 Å². The molecule has 1 heterocycles. The van der Waals surface area contributed by atoms with Gasteiger partial charge in [0.05, 0.1) is 5.92 Å². The Morgan fingerprint density at radius 3 is 2.62 bits per heavy atom. The van der Waals surface area contributed by atoms with Crippen LogP contribution in [-0.4, -0.2) is 29.7 Å². The van der Waals surface area contributed by atoms with Gasteiger partial charge < -0.3 is 10.4 Å². The van der Waals surface area contributed by atoms with Crippen LogP contribution < -0.4 is 10.2 Å². The number of anilines is 1. The highest BCUT2D eigenvalue weighted by molar-refractivity contribution is 5.94. The maximum atomic E-state index is 12.5. The number of benzene rings is 1. The van der Waals surface area contributed by atoms with Gasteiger partial charge in [0.25, 0.3) is 0 Å². The zero-order valence-electron chi connectivity index (χ0n) is 12.5. The number of carboxylic acid groups (broad SMARTS) is 1. The number of para-hydroxylation sites is 1. The van der Waals surface area contributed by atoms with Gasteiger partial charge in [-0.15, -0.1) is 0 Å². The summed E-state index contributed by atoms with van der Waals surface area (Å²) in [4.78, 5) is 25.4. The molecule has 0 fully saturated rings. The van der Waals surface area contributed by atoms with Crippen LogP contribution in [0, 0.1) is 5.92 Å². The van der Waals surface area contributed by atoms with E-state index in [1.54, 1.807) is 4.90 Å². The number of nitrogens with zero attached hydrogens (tertiary/aromatic N) is 1. The normalized spacial score (nSPS) is 17.5. The van der Waals surface area contributed by atoms with Crippen molar-refractivity contribution in [2.45, 2.75) is 39.2 Å². The third kappa shape index (κ3) is 3.35. The lowest BCUT2D eigenvalue weighted by Crippen LogP contribution is -2.49. The van der Waals surface area contributed by atoms with E-state index in [9.17, 15) is 14.7 Å². The Morgan fingerprint density at radius 1 is 1.33 bits per heavy atom. The lowest BCUT2D eigenvalue weighted by molar-refractivity contribution is -0.141. The predicted octanol–water partition coefficient (Wildman–Crippen LogP) is 2.65. The molecular weight excluding hydrogens is 268 g/mol. The molecule has 1 aliphatic heterocycles. The molecule has 0 spiro atoms. The topological polar surface area (TPSA) is 69.6 Å². The third-order valence-electron chi connectivity index (χ3n) is 4.06.